The summed E-state index contributed by atoms with van der Waals surface area (Å²) in [4.78, 5) is 12.4. The smallest absolute Gasteiger partial charge is 0.221 e. The highest BCUT2D eigenvalue weighted by molar-refractivity contribution is 5.88. The van der Waals surface area contributed by atoms with Gasteiger partial charge in [0.15, 0.2) is 0 Å². The van der Waals surface area contributed by atoms with Gasteiger partial charge in [-0.1, -0.05) is 0 Å². The minimum atomic E-state index is -0.432. The number of quaternary nitrogens is 1. The van der Waals surface area contributed by atoms with Crippen LogP contribution in [0.25, 0.3) is 0 Å². The van der Waals surface area contributed by atoms with E-state index in [-0.39, 0.29) is 5.91 Å². The van der Waals surface area contributed by atoms with Crippen LogP contribution in [0.15, 0.2) is 24.3 Å². The molecule has 2 rings (SSSR count). The van der Waals surface area contributed by atoms with Crippen molar-refractivity contribution in [1.29, 1.82) is 0 Å². The zero-order valence-corrected chi connectivity index (χ0v) is 11.9. The first-order valence-corrected chi connectivity index (χ1v) is 7.15. The number of anilines is 1. The molecule has 110 valence electrons. The first kappa shape index (κ1) is 14.8. The standard InChI is InChI=1S/C15H22N2O3/c1-12(18)16-13-4-6-15(7-5-13)20-11-14(19)10-17-8-2-3-9-17/h4-7,14,19H,2-3,8-11H2,1H3,(H,16,18)/p+1/t14-/m1/s1. The van der Waals surface area contributed by atoms with Gasteiger partial charge < -0.3 is 20.1 Å². The third-order valence-corrected chi connectivity index (χ3v) is 3.45. The molecule has 0 radical (unpaired) electrons. The van der Waals surface area contributed by atoms with Crippen molar-refractivity contribution in [2.45, 2.75) is 25.9 Å². The molecule has 1 aliphatic heterocycles. The van der Waals surface area contributed by atoms with E-state index in [0.717, 1.165) is 25.3 Å². The predicted octanol–water partition coefficient (Wildman–Crippen LogP) is 0.0634. The molecular weight excluding hydrogens is 256 g/mol. The number of benzene rings is 1. The van der Waals surface area contributed by atoms with E-state index in [2.05, 4.69) is 5.32 Å². The maximum Gasteiger partial charge on any atom is 0.221 e. The van der Waals surface area contributed by atoms with Crippen LogP contribution in [0, 0.1) is 0 Å². The first-order chi connectivity index (χ1) is 9.63. The SMILES string of the molecule is CC(=O)Nc1ccc(OC[C@H](O)C[NH+]2CCCC2)cc1. The Kier molecular flexibility index (Phi) is 5.38. The second kappa shape index (κ2) is 7.26. The molecule has 3 N–H and O–H groups in total. The molecule has 1 aliphatic rings. The van der Waals surface area contributed by atoms with E-state index in [9.17, 15) is 9.90 Å². The summed E-state index contributed by atoms with van der Waals surface area (Å²) < 4.78 is 5.56. The van der Waals surface area contributed by atoms with Crippen molar-refractivity contribution in [3.05, 3.63) is 24.3 Å². The molecule has 0 aliphatic carbocycles. The summed E-state index contributed by atoms with van der Waals surface area (Å²) in [5.41, 5.74) is 0.743. The zero-order chi connectivity index (χ0) is 14.4. The lowest BCUT2D eigenvalue weighted by Gasteiger charge is -2.17. The van der Waals surface area contributed by atoms with Crippen LogP contribution in [0.2, 0.25) is 0 Å². The highest BCUT2D eigenvalue weighted by Gasteiger charge is 2.19. The fraction of sp³-hybridized carbons (Fsp3) is 0.533. The molecular formula is C15H23N2O3+. The van der Waals surface area contributed by atoms with Gasteiger partial charge in [0.05, 0.1) is 13.1 Å². The Labute approximate surface area is 119 Å². The number of aliphatic hydroxyl groups is 1. The van der Waals surface area contributed by atoms with Crippen LogP contribution in [0.5, 0.6) is 5.75 Å². The highest BCUT2D eigenvalue weighted by Crippen LogP contribution is 2.15. The molecule has 0 aromatic heterocycles. The van der Waals surface area contributed by atoms with Gasteiger partial charge in [0, 0.05) is 25.5 Å². The molecule has 1 atom stereocenters. The summed E-state index contributed by atoms with van der Waals surface area (Å²) >= 11 is 0. The van der Waals surface area contributed by atoms with Gasteiger partial charge in [-0.2, -0.15) is 0 Å². The maximum atomic E-state index is 10.9. The molecule has 0 bridgehead atoms. The lowest BCUT2D eigenvalue weighted by atomic mass is 10.3. The third-order valence-electron chi connectivity index (χ3n) is 3.45. The lowest BCUT2D eigenvalue weighted by molar-refractivity contribution is -0.890. The normalized spacial score (nSPS) is 16.9. The molecule has 1 aromatic rings. The van der Waals surface area contributed by atoms with Gasteiger partial charge in [-0.25, -0.2) is 0 Å². The van der Waals surface area contributed by atoms with Crippen LogP contribution in [0.4, 0.5) is 5.69 Å². The second-order valence-corrected chi connectivity index (χ2v) is 5.33. The van der Waals surface area contributed by atoms with Gasteiger partial charge in [-0.05, 0) is 24.3 Å². The van der Waals surface area contributed by atoms with Crippen molar-refractivity contribution in [3.8, 4) is 5.75 Å². The van der Waals surface area contributed by atoms with Gasteiger partial charge in [0.1, 0.15) is 25.0 Å². The summed E-state index contributed by atoms with van der Waals surface area (Å²) in [6.45, 7) is 4.85. The third kappa shape index (κ3) is 4.83. The molecule has 0 unspecified atom stereocenters. The second-order valence-electron chi connectivity index (χ2n) is 5.33. The number of hydrogen-bond acceptors (Lipinski definition) is 3. The molecule has 0 spiro atoms. The van der Waals surface area contributed by atoms with Crippen molar-refractivity contribution < 1.29 is 19.5 Å². The number of carbonyl (C=O) groups is 1. The van der Waals surface area contributed by atoms with E-state index in [4.69, 9.17) is 4.74 Å². The van der Waals surface area contributed by atoms with Crippen molar-refractivity contribution in [3.63, 3.8) is 0 Å². The molecule has 5 heteroatoms. The van der Waals surface area contributed by atoms with Crippen molar-refractivity contribution in [2.75, 3.05) is 31.6 Å². The fourth-order valence-electron chi connectivity index (χ4n) is 2.50. The van der Waals surface area contributed by atoms with Crippen LogP contribution < -0.4 is 15.0 Å². The fourth-order valence-corrected chi connectivity index (χ4v) is 2.50. The van der Waals surface area contributed by atoms with Crippen molar-refractivity contribution in [2.24, 2.45) is 0 Å². The van der Waals surface area contributed by atoms with Crippen LogP contribution in [-0.4, -0.2) is 43.4 Å². The van der Waals surface area contributed by atoms with E-state index >= 15 is 0 Å². The summed E-state index contributed by atoms with van der Waals surface area (Å²) in [7, 11) is 0. The van der Waals surface area contributed by atoms with Crippen molar-refractivity contribution >= 4 is 11.6 Å². The molecule has 1 heterocycles. The van der Waals surface area contributed by atoms with Crippen LogP contribution >= 0.6 is 0 Å². The zero-order valence-electron chi connectivity index (χ0n) is 11.9. The van der Waals surface area contributed by atoms with E-state index in [0.29, 0.717) is 12.4 Å². The monoisotopic (exact) mass is 279 g/mol. The lowest BCUT2D eigenvalue weighted by Crippen LogP contribution is -3.11. The Balaban J connectivity index is 1.73. The van der Waals surface area contributed by atoms with Crippen LogP contribution in [0.1, 0.15) is 19.8 Å². The molecule has 0 saturated carbocycles. The molecule has 20 heavy (non-hydrogen) atoms. The van der Waals surface area contributed by atoms with Gasteiger partial charge in [-0.15, -0.1) is 0 Å². The number of likely N-dealkylation sites (tertiary alicyclic amines) is 1. The predicted molar refractivity (Wildman–Crippen MR) is 77.0 cm³/mol. The summed E-state index contributed by atoms with van der Waals surface area (Å²) in [5, 5.41) is 12.6. The average molecular weight is 279 g/mol. The largest absolute Gasteiger partial charge is 0.491 e. The number of nitrogens with one attached hydrogen (secondary N) is 2. The van der Waals surface area contributed by atoms with Crippen molar-refractivity contribution in [1.82, 2.24) is 0 Å². The van der Waals surface area contributed by atoms with Crippen LogP contribution in [-0.2, 0) is 4.79 Å². The Morgan fingerprint density at radius 1 is 1.35 bits per heavy atom. The molecule has 5 nitrogen and oxygen atoms in total. The minimum absolute atomic E-state index is 0.0947. The van der Waals surface area contributed by atoms with Gasteiger partial charge in [0.2, 0.25) is 5.91 Å². The summed E-state index contributed by atoms with van der Waals surface area (Å²) in [6.07, 6.45) is 2.08. The molecule has 1 amide bonds. The first-order valence-electron chi connectivity index (χ1n) is 7.15. The van der Waals surface area contributed by atoms with E-state index in [1.165, 1.54) is 24.7 Å². The topological polar surface area (TPSA) is 63.0 Å². The molecule has 1 aromatic carbocycles. The summed E-state index contributed by atoms with van der Waals surface area (Å²) in [5.74, 6) is 0.609. The Morgan fingerprint density at radius 2 is 2.00 bits per heavy atom. The highest BCUT2D eigenvalue weighted by atomic mass is 16.5. The van der Waals surface area contributed by atoms with E-state index in [1.54, 1.807) is 24.3 Å². The maximum absolute atomic E-state index is 10.9. The number of amides is 1. The van der Waals surface area contributed by atoms with Crippen LogP contribution in [0.3, 0.4) is 0 Å². The Bertz CT molecular complexity index is 427. The minimum Gasteiger partial charge on any atom is -0.491 e. The number of rotatable bonds is 6. The number of carbonyl (C=O) groups excluding carboxylic acids is 1. The molecule has 1 fully saturated rings. The number of hydrogen-bond donors (Lipinski definition) is 3. The number of aliphatic hydroxyl groups excluding tert-OH is 1. The average Bonchev–Trinajstić information content (AvgIpc) is 2.90. The summed E-state index contributed by atoms with van der Waals surface area (Å²) in [6, 6.07) is 7.16. The Morgan fingerprint density at radius 3 is 2.60 bits per heavy atom. The number of ether oxygens (including phenoxy) is 1. The van der Waals surface area contributed by atoms with E-state index < -0.39 is 6.10 Å². The van der Waals surface area contributed by atoms with Gasteiger partial charge in [0.25, 0.3) is 0 Å². The Hall–Kier alpha value is -1.59. The van der Waals surface area contributed by atoms with E-state index in [1.807, 2.05) is 0 Å². The quantitative estimate of drug-likeness (QED) is 0.690. The molecule has 1 saturated heterocycles. The van der Waals surface area contributed by atoms with Gasteiger partial charge in [-0.3, -0.25) is 4.79 Å². The van der Waals surface area contributed by atoms with Gasteiger partial charge >= 0.3 is 0 Å².